The van der Waals surface area contributed by atoms with Gasteiger partial charge >= 0.3 is 29.6 Å². The number of anilines is 1. The van der Waals surface area contributed by atoms with Crippen LogP contribution in [-0.4, -0.2) is 65.0 Å². The summed E-state index contributed by atoms with van der Waals surface area (Å²) < 4.78 is 29.3. The molecule has 0 spiro atoms. The Hall–Kier alpha value is -5.82. The highest BCUT2D eigenvalue weighted by molar-refractivity contribution is 5.94. The van der Waals surface area contributed by atoms with Crippen LogP contribution in [0.15, 0.2) is 102 Å². The van der Waals surface area contributed by atoms with Crippen LogP contribution in [0.2, 0.25) is 0 Å². The largest absolute Gasteiger partial charge is 0.462 e. The van der Waals surface area contributed by atoms with Crippen molar-refractivity contribution in [2.45, 2.75) is 31.5 Å². The fourth-order valence-corrected chi connectivity index (χ4v) is 4.71. The fraction of sp³-hybridized carbons (Fsp3) is 0.212. The number of carbonyl (C=O) groups is 4. The first-order valence-corrected chi connectivity index (χ1v) is 14.2. The van der Waals surface area contributed by atoms with E-state index in [0.717, 1.165) is 10.8 Å². The summed E-state index contributed by atoms with van der Waals surface area (Å²) in [4.78, 5) is 69.0. The van der Waals surface area contributed by atoms with Gasteiger partial charge in [-0.05, 0) is 43.3 Å². The molecule has 3 aromatic carbocycles. The summed E-state index contributed by atoms with van der Waals surface area (Å²) in [6.07, 6.45) is -4.63. The summed E-state index contributed by atoms with van der Waals surface area (Å²) in [6.45, 7) is 1.13. The van der Waals surface area contributed by atoms with Gasteiger partial charge in [-0.25, -0.2) is 24.0 Å². The number of carbonyl (C=O) groups excluding carboxylic acids is 4. The summed E-state index contributed by atoms with van der Waals surface area (Å²) in [5.41, 5.74) is 5.22. The number of esters is 4. The minimum atomic E-state index is -1.52. The molecule has 1 saturated heterocycles. The van der Waals surface area contributed by atoms with Crippen LogP contribution < -0.4 is 11.4 Å². The second-order valence-corrected chi connectivity index (χ2v) is 9.95. The van der Waals surface area contributed by atoms with E-state index in [1.54, 1.807) is 73.7 Å². The zero-order valence-corrected chi connectivity index (χ0v) is 24.5. The van der Waals surface area contributed by atoms with Crippen LogP contribution in [0.3, 0.4) is 0 Å². The van der Waals surface area contributed by atoms with Crippen LogP contribution in [0, 0.1) is 0 Å². The van der Waals surface area contributed by atoms with Gasteiger partial charge in [-0.15, -0.1) is 0 Å². The molecule has 1 aliphatic heterocycles. The summed E-state index contributed by atoms with van der Waals surface area (Å²) in [7, 11) is 0. The monoisotopic (exact) mass is 627 g/mol. The summed E-state index contributed by atoms with van der Waals surface area (Å²) in [5.74, 6) is -3.59. The fourth-order valence-electron chi connectivity index (χ4n) is 4.71. The second-order valence-electron chi connectivity index (χ2n) is 9.95. The maximum absolute atomic E-state index is 13.3. The Balaban J connectivity index is 1.55. The van der Waals surface area contributed by atoms with Crippen molar-refractivity contribution in [1.29, 1.82) is 0 Å². The van der Waals surface area contributed by atoms with Gasteiger partial charge in [0.2, 0.25) is 0 Å². The molecule has 0 aliphatic carbocycles. The highest BCUT2D eigenvalue weighted by Crippen LogP contribution is 2.35. The molecule has 236 valence electrons. The van der Waals surface area contributed by atoms with Gasteiger partial charge in [-0.1, -0.05) is 54.6 Å². The predicted octanol–water partition coefficient (Wildman–Crippen LogP) is 3.21. The number of nitrogens with zero attached hydrogens (tertiary/aromatic N) is 2. The Kier molecular flexibility index (Phi) is 9.83. The standard InChI is InChI=1S/C33H29N3O10/c1-2-42-32(40)23-18-36(33(41)35-27(23)34)28-26(46-31(39)22-16-10-5-11-17-22)25(45-30(38)21-14-8-4-9-15-21)24(44-28)19-43-29(37)20-12-6-3-7-13-20/h3-18,24-26,28H,2,19H2,1H3,(H2,34,35,41)/t24-,25+,26+,28+/m0/s1. The number of aromatic nitrogens is 2. The SMILES string of the molecule is CCOC(=O)c1cn([C@@H]2O[C@@H](COC(=O)c3ccccc3)[C@@H](OC(=O)c3ccccc3)[C@H]2OC(=O)c2ccccc2)c(=O)nc1N. The van der Waals surface area contributed by atoms with Gasteiger partial charge in [0.1, 0.15) is 24.1 Å². The molecule has 1 aliphatic rings. The van der Waals surface area contributed by atoms with Crippen LogP contribution >= 0.6 is 0 Å². The molecule has 13 nitrogen and oxygen atoms in total. The molecule has 13 heteroatoms. The molecule has 0 radical (unpaired) electrons. The molecule has 4 aromatic rings. The van der Waals surface area contributed by atoms with Crippen molar-refractivity contribution in [2.24, 2.45) is 0 Å². The third-order valence-corrected chi connectivity index (χ3v) is 6.93. The second kappa shape index (κ2) is 14.3. The van der Waals surface area contributed by atoms with Crippen LogP contribution in [0.25, 0.3) is 0 Å². The van der Waals surface area contributed by atoms with E-state index in [1.165, 1.54) is 24.3 Å². The maximum Gasteiger partial charge on any atom is 0.351 e. The number of hydrogen-bond acceptors (Lipinski definition) is 12. The molecule has 1 aromatic heterocycles. The first-order valence-electron chi connectivity index (χ1n) is 14.2. The number of benzene rings is 3. The van der Waals surface area contributed by atoms with Crippen molar-refractivity contribution in [2.75, 3.05) is 18.9 Å². The van der Waals surface area contributed by atoms with Gasteiger partial charge in [0.15, 0.2) is 18.4 Å². The minimum absolute atomic E-state index is 0.0149. The highest BCUT2D eigenvalue weighted by atomic mass is 16.7. The molecule has 2 N–H and O–H groups in total. The normalized spacial score (nSPS) is 18.7. The Morgan fingerprint density at radius 2 is 1.24 bits per heavy atom. The maximum atomic E-state index is 13.3. The molecule has 5 rings (SSSR count). The average molecular weight is 628 g/mol. The van der Waals surface area contributed by atoms with Crippen molar-refractivity contribution < 1.29 is 42.9 Å². The molecule has 4 atom stereocenters. The molecule has 1 fully saturated rings. The van der Waals surface area contributed by atoms with Crippen molar-refractivity contribution >= 4 is 29.7 Å². The molecule has 2 heterocycles. The highest BCUT2D eigenvalue weighted by Gasteiger charge is 2.52. The van der Waals surface area contributed by atoms with E-state index in [-0.39, 0.29) is 28.9 Å². The van der Waals surface area contributed by atoms with Crippen molar-refractivity contribution in [3.8, 4) is 0 Å². The lowest BCUT2D eigenvalue weighted by molar-refractivity contribution is -0.0640. The Bertz CT molecular complexity index is 1760. The third kappa shape index (κ3) is 7.11. The van der Waals surface area contributed by atoms with Crippen LogP contribution in [-0.2, 0) is 23.7 Å². The van der Waals surface area contributed by atoms with Crippen LogP contribution in [0.1, 0.15) is 54.6 Å². The van der Waals surface area contributed by atoms with Gasteiger partial charge in [-0.3, -0.25) is 4.57 Å². The predicted molar refractivity (Wildman–Crippen MR) is 161 cm³/mol. The zero-order valence-electron chi connectivity index (χ0n) is 24.5. The Labute approximate surface area is 262 Å². The van der Waals surface area contributed by atoms with E-state index in [4.69, 9.17) is 29.4 Å². The van der Waals surface area contributed by atoms with E-state index >= 15 is 0 Å². The summed E-state index contributed by atoms with van der Waals surface area (Å²) >= 11 is 0. The third-order valence-electron chi connectivity index (χ3n) is 6.93. The van der Waals surface area contributed by atoms with E-state index in [1.807, 2.05) is 0 Å². The number of nitrogens with two attached hydrogens (primary N) is 1. The summed E-state index contributed by atoms with van der Waals surface area (Å²) in [5, 5.41) is 0. The van der Waals surface area contributed by atoms with E-state index in [9.17, 15) is 24.0 Å². The Morgan fingerprint density at radius 1 is 0.739 bits per heavy atom. The molecular weight excluding hydrogens is 598 g/mol. The molecule has 0 saturated carbocycles. The lowest BCUT2D eigenvalue weighted by Gasteiger charge is -2.25. The van der Waals surface area contributed by atoms with E-state index < -0.39 is 66.5 Å². The van der Waals surface area contributed by atoms with Gasteiger partial charge in [0, 0.05) is 6.20 Å². The van der Waals surface area contributed by atoms with E-state index in [2.05, 4.69) is 4.98 Å². The van der Waals surface area contributed by atoms with Gasteiger partial charge in [0.05, 0.1) is 23.3 Å². The molecule has 46 heavy (non-hydrogen) atoms. The number of rotatable bonds is 10. The quantitative estimate of drug-likeness (QED) is 0.201. The smallest absolute Gasteiger partial charge is 0.351 e. The van der Waals surface area contributed by atoms with Crippen LogP contribution in [0.5, 0.6) is 0 Å². The molecule has 0 unspecified atom stereocenters. The first kappa shape index (κ1) is 31.6. The average Bonchev–Trinajstić information content (AvgIpc) is 3.40. The number of ether oxygens (including phenoxy) is 5. The van der Waals surface area contributed by atoms with Crippen molar-refractivity contribution in [3.05, 3.63) is 130 Å². The minimum Gasteiger partial charge on any atom is -0.462 e. The topological polar surface area (TPSA) is 175 Å². The van der Waals surface area contributed by atoms with Gasteiger partial charge in [-0.2, -0.15) is 4.98 Å². The number of hydrogen-bond donors (Lipinski definition) is 1. The lowest BCUT2D eigenvalue weighted by atomic mass is 10.1. The van der Waals surface area contributed by atoms with Crippen LogP contribution in [0.4, 0.5) is 5.82 Å². The summed E-state index contributed by atoms with van der Waals surface area (Å²) in [6, 6.07) is 24.1. The Morgan fingerprint density at radius 3 is 1.76 bits per heavy atom. The van der Waals surface area contributed by atoms with Gasteiger partial charge in [0.25, 0.3) is 0 Å². The van der Waals surface area contributed by atoms with Crippen molar-refractivity contribution in [1.82, 2.24) is 9.55 Å². The number of nitrogen functional groups attached to an aromatic ring is 1. The van der Waals surface area contributed by atoms with Crippen molar-refractivity contribution in [3.63, 3.8) is 0 Å². The van der Waals surface area contributed by atoms with Gasteiger partial charge < -0.3 is 29.4 Å². The molecule has 0 amide bonds. The molecule has 0 bridgehead atoms. The zero-order chi connectivity index (χ0) is 32.6. The molecular formula is C33H29N3O10. The van der Waals surface area contributed by atoms with E-state index in [0.29, 0.717) is 0 Å². The first-order chi connectivity index (χ1) is 22.3. The lowest BCUT2D eigenvalue weighted by Crippen LogP contribution is -2.42.